The van der Waals surface area contributed by atoms with Crippen molar-refractivity contribution < 1.29 is 12.8 Å². The fraction of sp³-hybridized carbons (Fsp3) is 0.538. The maximum absolute atomic E-state index is 13.6. The lowest BCUT2D eigenvalue weighted by molar-refractivity contribution is 0.503. The average molecular weight is 286 g/mol. The molecule has 1 aliphatic rings. The molecule has 1 aliphatic carbocycles. The Morgan fingerprint density at radius 3 is 2.42 bits per heavy atom. The number of benzene rings is 1. The smallest absolute Gasteiger partial charge is 0.243 e. The van der Waals surface area contributed by atoms with Gasteiger partial charge in [0.2, 0.25) is 10.0 Å². The molecule has 0 aliphatic heterocycles. The first-order chi connectivity index (χ1) is 8.99. The summed E-state index contributed by atoms with van der Waals surface area (Å²) in [5.41, 5.74) is 5.76. The van der Waals surface area contributed by atoms with E-state index in [0.29, 0.717) is 0 Å². The van der Waals surface area contributed by atoms with Crippen molar-refractivity contribution in [3.05, 3.63) is 24.0 Å². The lowest BCUT2D eigenvalue weighted by Crippen LogP contribution is -2.34. The minimum atomic E-state index is -3.83. The van der Waals surface area contributed by atoms with Gasteiger partial charge in [-0.2, -0.15) is 0 Å². The summed E-state index contributed by atoms with van der Waals surface area (Å²) in [5, 5.41) is 0. The zero-order chi connectivity index (χ0) is 13.9. The van der Waals surface area contributed by atoms with E-state index in [1.54, 1.807) is 0 Å². The van der Waals surface area contributed by atoms with Gasteiger partial charge in [-0.05, 0) is 31.0 Å². The van der Waals surface area contributed by atoms with Crippen molar-refractivity contribution >= 4 is 15.7 Å². The minimum absolute atomic E-state index is 0.103. The SMILES string of the molecule is Nc1ccc(F)c(S(=O)(=O)NC2CCCCCC2)c1. The van der Waals surface area contributed by atoms with E-state index < -0.39 is 15.8 Å². The molecule has 0 spiro atoms. The molecule has 2 rings (SSSR count). The van der Waals surface area contributed by atoms with E-state index in [9.17, 15) is 12.8 Å². The van der Waals surface area contributed by atoms with Crippen molar-refractivity contribution in [3.63, 3.8) is 0 Å². The second kappa shape index (κ2) is 5.88. The molecule has 4 nitrogen and oxygen atoms in total. The predicted molar refractivity (Wildman–Crippen MR) is 72.6 cm³/mol. The van der Waals surface area contributed by atoms with Crippen molar-refractivity contribution in [1.29, 1.82) is 0 Å². The summed E-state index contributed by atoms with van der Waals surface area (Å²) in [6.45, 7) is 0. The highest BCUT2D eigenvalue weighted by Gasteiger charge is 2.24. The Labute approximate surface area is 113 Å². The van der Waals surface area contributed by atoms with Gasteiger partial charge in [0.25, 0.3) is 0 Å². The van der Waals surface area contributed by atoms with Crippen LogP contribution in [0.2, 0.25) is 0 Å². The monoisotopic (exact) mass is 286 g/mol. The Balaban J connectivity index is 2.19. The number of anilines is 1. The lowest BCUT2D eigenvalue weighted by atomic mass is 10.1. The first-order valence-corrected chi connectivity index (χ1v) is 8.05. The van der Waals surface area contributed by atoms with E-state index in [1.165, 1.54) is 6.07 Å². The van der Waals surface area contributed by atoms with Crippen LogP contribution in [0.4, 0.5) is 10.1 Å². The van der Waals surface area contributed by atoms with Crippen molar-refractivity contribution in [2.24, 2.45) is 0 Å². The number of hydrogen-bond donors (Lipinski definition) is 2. The van der Waals surface area contributed by atoms with Crippen LogP contribution in [0.15, 0.2) is 23.1 Å². The van der Waals surface area contributed by atoms with Crippen LogP contribution in [0, 0.1) is 5.82 Å². The lowest BCUT2D eigenvalue weighted by Gasteiger charge is -2.16. The summed E-state index contributed by atoms with van der Waals surface area (Å²) >= 11 is 0. The maximum atomic E-state index is 13.6. The summed E-state index contributed by atoms with van der Waals surface area (Å²) < 4.78 is 40.6. The highest BCUT2D eigenvalue weighted by Crippen LogP contribution is 2.22. The summed E-state index contributed by atoms with van der Waals surface area (Å²) in [7, 11) is -3.83. The Hall–Kier alpha value is -1.14. The van der Waals surface area contributed by atoms with Crippen molar-refractivity contribution in [2.75, 3.05) is 5.73 Å². The zero-order valence-corrected chi connectivity index (χ0v) is 11.5. The second-order valence-corrected chi connectivity index (χ2v) is 6.68. The summed E-state index contributed by atoms with van der Waals surface area (Å²) in [5.74, 6) is -0.768. The largest absolute Gasteiger partial charge is 0.399 e. The van der Waals surface area contributed by atoms with Gasteiger partial charge in [-0.3, -0.25) is 0 Å². The molecule has 6 heteroatoms. The van der Waals surface area contributed by atoms with Crippen molar-refractivity contribution in [3.8, 4) is 0 Å². The molecule has 0 aromatic heterocycles. The predicted octanol–water partition coefficient (Wildman–Crippen LogP) is 2.41. The molecule has 19 heavy (non-hydrogen) atoms. The quantitative estimate of drug-likeness (QED) is 0.662. The van der Waals surface area contributed by atoms with Gasteiger partial charge in [-0.15, -0.1) is 0 Å². The van der Waals surface area contributed by atoms with Gasteiger partial charge in [-0.25, -0.2) is 17.5 Å². The average Bonchev–Trinajstić information content (AvgIpc) is 2.60. The molecule has 0 saturated heterocycles. The Morgan fingerprint density at radius 2 is 1.79 bits per heavy atom. The van der Waals surface area contributed by atoms with Gasteiger partial charge in [0.05, 0.1) is 0 Å². The standard InChI is InChI=1S/C13H19FN2O2S/c14-12-8-7-10(15)9-13(12)19(17,18)16-11-5-3-1-2-4-6-11/h7-9,11,16H,1-6,15H2. The van der Waals surface area contributed by atoms with Crippen LogP contribution in [-0.2, 0) is 10.0 Å². The fourth-order valence-electron chi connectivity index (χ4n) is 2.41. The van der Waals surface area contributed by atoms with E-state index in [-0.39, 0.29) is 16.6 Å². The Morgan fingerprint density at radius 1 is 1.16 bits per heavy atom. The van der Waals surface area contributed by atoms with E-state index in [4.69, 9.17) is 5.73 Å². The van der Waals surface area contributed by atoms with Crippen LogP contribution < -0.4 is 10.5 Å². The normalized spacial score (nSPS) is 18.2. The van der Waals surface area contributed by atoms with Gasteiger partial charge >= 0.3 is 0 Å². The van der Waals surface area contributed by atoms with Gasteiger partial charge in [-0.1, -0.05) is 25.7 Å². The number of nitrogens with two attached hydrogens (primary N) is 1. The molecular formula is C13H19FN2O2S. The van der Waals surface area contributed by atoms with Crippen molar-refractivity contribution in [1.82, 2.24) is 4.72 Å². The number of sulfonamides is 1. The third-order valence-electron chi connectivity index (χ3n) is 3.42. The summed E-state index contributed by atoms with van der Waals surface area (Å²) in [6.07, 6.45) is 5.89. The summed E-state index contributed by atoms with van der Waals surface area (Å²) in [4.78, 5) is -0.364. The van der Waals surface area contributed by atoms with E-state index in [1.807, 2.05) is 0 Å². The van der Waals surface area contributed by atoms with Crippen LogP contribution in [0.3, 0.4) is 0 Å². The third kappa shape index (κ3) is 3.67. The topological polar surface area (TPSA) is 72.2 Å². The zero-order valence-electron chi connectivity index (χ0n) is 10.7. The number of hydrogen-bond acceptors (Lipinski definition) is 3. The van der Waals surface area contributed by atoms with Crippen LogP contribution in [-0.4, -0.2) is 14.5 Å². The fourth-order valence-corrected chi connectivity index (χ4v) is 3.82. The molecule has 0 heterocycles. The van der Waals surface area contributed by atoms with Crippen LogP contribution in [0.1, 0.15) is 38.5 Å². The van der Waals surface area contributed by atoms with Crippen molar-refractivity contribution in [2.45, 2.75) is 49.5 Å². The highest BCUT2D eigenvalue weighted by atomic mass is 32.2. The molecule has 1 aromatic rings. The van der Waals surface area contributed by atoms with Crippen LogP contribution in [0.25, 0.3) is 0 Å². The molecule has 0 atom stereocenters. The van der Waals surface area contributed by atoms with Crippen LogP contribution in [0.5, 0.6) is 0 Å². The number of nitrogen functional groups attached to an aromatic ring is 1. The van der Waals surface area contributed by atoms with Gasteiger partial charge in [0.1, 0.15) is 10.7 Å². The number of halogens is 1. The van der Waals surface area contributed by atoms with E-state index in [2.05, 4.69) is 4.72 Å². The summed E-state index contributed by atoms with van der Waals surface area (Å²) in [6, 6.07) is 3.49. The number of rotatable bonds is 3. The molecule has 1 aromatic carbocycles. The van der Waals surface area contributed by atoms with Crippen LogP contribution >= 0.6 is 0 Å². The van der Waals surface area contributed by atoms with Gasteiger partial charge in [0, 0.05) is 11.7 Å². The first kappa shape index (κ1) is 14.3. The molecule has 0 bridgehead atoms. The molecule has 0 radical (unpaired) electrons. The maximum Gasteiger partial charge on any atom is 0.243 e. The number of nitrogens with one attached hydrogen (secondary N) is 1. The molecule has 0 amide bonds. The molecule has 106 valence electrons. The highest BCUT2D eigenvalue weighted by molar-refractivity contribution is 7.89. The second-order valence-electron chi connectivity index (χ2n) is 5.00. The van der Waals surface area contributed by atoms with E-state index in [0.717, 1.165) is 50.7 Å². The molecule has 3 N–H and O–H groups in total. The Bertz CT molecular complexity index is 538. The van der Waals surface area contributed by atoms with E-state index >= 15 is 0 Å². The molecule has 1 saturated carbocycles. The molecule has 1 fully saturated rings. The molecular weight excluding hydrogens is 267 g/mol. The van der Waals surface area contributed by atoms with Gasteiger partial charge < -0.3 is 5.73 Å². The minimum Gasteiger partial charge on any atom is -0.399 e. The Kier molecular flexibility index (Phi) is 4.42. The molecule has 0 unspecified atom stereocenters. The van der Waals surface area contributed by atoms with Gasteiger partial charge in [0.15, 0.2) is 0 Å². The first-order valence-electron chi connectivity index (χ1n) is 6.56. The third-order valence-corrected chi connectivity index (χ3v) is 4.96.